The van der Waals surface area contributed by atoms with Crippen LogP contribution in [0.3, 0.4) is 0 Å². The van der Waals surface area contributed by atoms with E-state index in [-0.39, 0.29) is 0 Å². The van der Waals surface area contributed by atoms with Gasteiger partial charge in [0.25, 0.3) is 0 Å². The topological polar surface area (TPSA) is 52.0 Å². The Morgan fingerprint density at radius 3 is 2.78 bits per heavy atom. The summed E-state index contributed by atoms with van der Waals surface area (Å²) in [5, 5.41) is 0.619. The Morgan fingerprint density at radius 1 is 1.17 bits per heavy atom. The third kappa shape index (κ3) is 1.98. The molecule has 3 nitrogen and oxygen atoms in total. The zero-order valence-corrected chi connectivity index (χ0v) is 11.5. The highest BCUT2D eigenvalue weighted by Crippen LogP contribution is 2.31. The lowest BCUT2D eigenvalue weighted by Gasteiger charge is -2.00. The fraction of sp³-hybridized carbons (Fsp3) is 0. The maximum absolute atomic E-state index is 5.95. The van der Waals surface area contributed by atoms with Gasteiger partial charge in [-0.05, 0) is 30.3 Å². The molecule has 0 amide bonds. The molecule has 0 saturated heterocycles. The lowest BCUT2D eigenvalue weighted by atomic mass is 10.2. The number of fused-ring (bicyclic) bond motifs is 1. The first-order valence-corrected chi connectivity index (χ1v) is 6.42. The van der Waals surface area contributed by atoms with Gasteiger partial charge < -0.3 is 10.2 Å². The number of benzene rings is 2. The van der Waals surface area contributed by atoms with Gasteiger partial charge in [0.1, 0.15) is 5.52 Å². The molecule has 2 aromatic carbocycles. The molecule has 0 bridgehead atoms. The van der Waals surface area contributed by atoms with Crippen LogP contribution in [0.15, 0.2) is 45.3 Å². The second-order valence-corrected chi connectivity index (χ2v) is 5.21. The first-order valence-electron chi connectivity index (χ1n) is 5.25. The number of nitrogen functional groups attached to an aromatic ring is 1. The van der Waals surface area contributed by atoms with Gasteiger partial charge in [-0.1, -0.05) is 27.5 Å². The van der Waals surface area contributed by atoms with Gasteiger partial charge in [0.15, 0.2) is 5.58 Å². The monoisotopic (exact) mass is 322 g/mol. The van der Waals surface area contributed by atoms with E-state index in [0.29, 0.717) is 22.2 Å². The van der Waals surface area contributed by atoms with Crippen molar-refractivity contribution in [3.63, 3.8) is 0 Å². The van der Waals surface area contributed by atoms with E-state index in [2.05, 4.69) is 20.9 Å². The predicted molar refractivity (Wildman–Crippen MR) is 76.6 cm³/mol. The number of hydrogen-bond donors (Lipinski definition) is 1. The summed E-state index contributed by atoms with van der Waals surface area (Å²) in [5.41, 5.74) is 8.74. The molecule has 1 heterocycles. The summed E-state index contributed by atoms with van der Waals surface area (Å²) < 4.78 is 6.58. The largest absolute Gasteiger partial charge is 0.436 e. The number of nitrogens with two attached hydrogens (primary N) is 1. The Labute approximate surface area is 117 Å². The zero-order chi connectivity index (χ0) is 12.7. The van der Waals surface area contributed by atoms with Crippen molar-refractivity contribution in [3.05, 3.63) is 45.9 Å². The van der Waals surface area contributed by atoms with Crippen LogP contribution in [-0.4, -0.2) is 4.98 Å². The molecule has 0 aliphatic carbocycles. The molecule has 2 N–H and O–H groups in total. The molecule has 1 aromatic heterocycles. The van der Waals surface area contributed by atoms with Gasteiger partial charge in [0, 0.05) is 21.2 Å². The average Bonchev–Trinajstić information content (AvgIpc) is 2.71. The molecular formula is C13H8BrClN2O. The van der Waals surface area contributed by atoms with Crippen molar-refractivity contribution in [2.75, 3.05) is 5.73 Å². The molecular weight excluding hydrogens is 316 g/mol. The fourth-order valence-corrected chi connectivity index (χ4v) is 2.28. The normalized spacial score (nSPS) is 11.0. The van der Waals surface area contributed by atoms with Crippen LogP contribution >= 0.6 is 27.5 Å². The highest BCUT2D eigenvalue weighted by molar-refractivity contribution is 9.10. The predicted octanol–water partition coefficient (Wildman–Crippen LogP) is 4.49. The van der Waals surface area contributed by atoms with Crippen LogP contribution in [0.4, 0.5) is 5.69 Å². The molecule has 0 aliphatic heterocycles. The van der Waals surface area contributed by atoms with Crippen LogP contribution in [0.2, 0.25) is 5.02 Å². The van der Waals surface area contributed by atoms with Gasteiger partial charge in [-0.2, -0.15) is 0 Å². The second-order valence-electron chi connectivity index (χ2n) is 3.86. The van der Waals surface area contributed by atoms with Crippen LogP contribution in [0.1, 0.15) is 0 Å². The van der Waals surface area contributed by atoms with Crippen LogP contribution in [0, 0.1) is 0 Å². The lowest BCUT2D eigenvalue weighted by Crippen LogP contribution is -1.89. The molecule has 0 atom stereocenters. The van der Waals surface area contributed by atoms with E-state index in [1.807, 2.05) is 24.3 Å². The quantitative estimate of drug-likeness (QED) is 0.671. The summed E-state index contributed by atoms with van der Waals surface area (Å²) >= 11 is 9.27. The van der Waals surface area contributed by atoms with Crippen molar-refractivity contribution in [1.29, 1.82) is 0 Å². The molecule has 90 valence electrons. The first kappa shape index (κ1) is 11.6. The Bertz CT molecular complexity index is 739. The van der Waals surface area contributed by atoms with Crippen molar-refractivity contribution in [3.8, 4) is 11.5 Å². The summed E-state index contributed by atoms with van der Waals surface area (Å²) in [5.74, 6) is 0.497. The van der Waals surface area contributed by atoms with Crippen molar-refractivity contribution in [2.24, 2.45) is 0 Å². The van der Waals surface area contributed by atoms with E-state index in [1.165, 1.54) is 0 Å². The summed E-state index contributed by atoms with van der Waals surface area (Å²) in [6.07, 6.45) is 0. The van der Waals surface area contributed by atoms with Gasteiger partial charge in [-0.15, -0.1) is 0 Å². The molecule has 0 spiro atoms. The number of anilines is 1. The minimum absolute atomic E-state index is 0.497. The Kier molecular flexibility index (Phi) is 2.76. The number of rotatable bonds is 1. The van der Waals surface area contributed by atoms with E-state index < -0.39 is 0 Å². The smallest absolute Gasteiger partial charge is 0.229 e. The number of hydrogen-bond acceptors (Lipinski definition) is 3. The molecule has 18 heavy (non-hydrogen) atoms. The van der Waals surface area contributed by atoms with Gasteiger partial charge in [-0.25, -0.2) is 4.98 Å². The molecule has 0 radical (unpaired) electrons. The number of oxazole rings is 1. The molecule has 0 aliphatic rings. The SMILES string of the molecule is Nc1cc(Br)ccc1-c1nc2ccc(Cl)cc2o1. The molecule has 0 saturated carbocycles. The van der Waals surface area contributed by atoms with Crippen LogP contribution in [-0.2, 0) is 0 Å². The van der Waals surface area contributed by atoms with E-state index in [0.717, 1.165) is 15.6 Å². The number of halogens is 2. The molecule has 0 unspecified atom stereocenters. The number of aromatic nitrogens is 1. The zero-order valence-electron chi connectivity index (χ0n) is 9.15. The maximum Gasteiger partial charge on any atom is 0.229 e. The van der Waals surface area contributed by atoms with Gasteiger partial charge in [-0.3, -0.25) is 0 Å². The van der Waals surface area contributed by atoms with Crippen molar-refractivity contribution in [1.82, 2.24) is 4.98 Å². The van der Waals surface area contributed by atoms with Crippen molar-refractivity contribution >= 4 is 44.3 Å². The standard InChI is InChI=1S/C13H8BrClN2O/c14-7-1-3-9(10(16)5-7)13-17-11-4-2-8(15)6-12(11)18-13/h1-6H,16H2. The Hall–Kier alpha value is -1.52. The fourth-order valence-electron chi connectivity index (χ4n) is 1.74. The minimum Gasteiger partial charge on any atom is -0.436 e. The van der Waals surface area contributed by atoms with Crippen molar-refractivity contribution < 1.29 is 4.42 Å². The van der Waals surface area contributed by atoms with E-state index in [4.69, 9.17) is 21.8 Å². The van der Waals surface area contributed by atoms with E-state index in [1.54, 1.807) is 12.1 Å². The maximum atomic E-state index is 5.95. The molecule has 5 heteroatoms. The minimum atomic E-state index is 0.497. The van der Waals surface area contributed by atoms with Gasteiger partial charge in [0.05, 0.1) is 5.56 Å². The third-order valence-corrected chi connectivity index (χ3v) is 3.32. The first-order chi connectivity index (χ1) is 8.63. The van der Waals surface area contributed by atoms with E-state index in [9.17, 15) is 0 Å². The van der Waals surface area contributed by atoms with Crippen LogP contribution < -0.4 is 5.73 Å². The molecule has 0 fully saturated rings. The van der Waals surface area contributed by atoms with Gasteiger partial charge >= 0.3 is 0 Å². The van der Waals surface area contributed by atoms with Gasteiger partial charge in [0.2, 0.25) is 5.89 Å². The third-order valence-electron chi connectivity index (χ3n) is 2.59. The Balaban J connectivity index is 2.19. The summed E-state index contributed by atoms with van der Waals surface area (Å²) in [7, 11) is 0. The average molecular weight is 324 g/mol. The number of nitrogens with zero attached hydrogens (tertiary/aromatic N) is 1. The highest BCUT2D eigenvalue weighted by atomic mass is 79.9. The lowest BCUT2D eigenvalue weighted by molar-refractivity contribution is 0.620. The van der Waals surface area contributed by atoms with Crippen molar-refractivity contribution in [2.45, 2.75) is 0 Å². The molecule has 3 rings (SSSR count). The summed E-state index contributed by atoms with van der Waals surface area (Å²) in [4.78, 5) is 4.39. The van der Waals surface area contributed by atoms with E-state index >= 15 is 0 Å². The molecule has 3 aromatic rings. The summed E-state index contributed by atoms with van der Waals surface area (Å²) in [6.45, 7) is 0. The highest BCUT2D eigenvalue weighted by Gasteiger charge is 2.11. The van der Waals surface area contributed by atoms with Crippen LogP contribution in [0.25, 0.3) is 22.6 Å². The van der Waals surface area contributed by atoms with Crippen LogP contribution in [0.5, 0.6) is 0 Å². The second kappa shape index (κ2) is 4.30. The summed E-state index contributed by atoms with van der Waals surface area (Å²) in [6, 6.07) is 10.9. The Morgan fingerprint density at radius 2 is 2.00 bits per heavy atom.